The molecule has 6 aromatic rings. The van der Waals surface area contributed by atoms with E-state index in [0.717, 1.165) is 17.7 Å². The van der Waals surface area contributed by atoms with Crippen LogP contribution in [0.15, 0.2) is 133 Å². The van der Waals surface area contributed by atoms with Gasteiger partial charge in [0.15, 0.2) is 0 Å². The lowest BCUT2D eigenvalue weighted by Crippen LogP contribution is -2.28. The molecular formula is C44H40N2. The summed E-state index contributed by atoms with van der Waals surface area (Å²) in [5.74, 6) is 0. The highest BCUT2D eigenvalue weighted by molar-refractivity contribution is 5.97. The molecular weight excluding hydrogens is 556 g/mol. The van der Waals surface area contributed by atoms with Crippen LogP contribution >= 0.6 is 0 Å². The van der Waals surface area contributed by atoms with Gasteiger partial charge in [-0.25, -0.2) is 0 Å². The first kappa shape index (κ1) is 28.5. The minimum Gasteiger partial charge on any atom is -0.366 e. The Hall–Kier alpha value is -4.92. The lowest BCUT2D eigenvalue weighted by molar-refractivity contribution is 0.659. The van der Waals surface area contributed by atoms with Crippen molar-refractivity contribution in [2.24, 2.45) is 5.73 Å². The fourth-order valence-electron chi connectivity index (χ4n) is 8.07. The van der Waals surface area contributed by atoms with Crippen LogP contribution in [-0.4, -0.2) is 0 Å². The molecule has 2 aliphatic rings. The molecule has 2 heteroatoms. The van der Waals surface area contributed by atoms with Crippen molar-refractivity contribution in [1.29, 1.82) is 0 Å². The summed E-state index contributed by atoms with van der Waals surface area (Å²) >= 11 is 0. The Balaban J connectivity index is 1.30. The molecule has 0 fully saturated rings. The van der Waals surface area contributed by atoms with Gasteiger partial charge in [-0.1, -0.05) is 149 Å². The molecule has 46 heavy (non-hydrogen) atoms. The molecule has 0 saturated carbocycles. The number of nitrogens with two attached hydrogens (primary N) is 1. The first-order chi connectivity index (χ1) is 22.2. The van der Waals surface area contributed by atoms with E-state index in [9.17, 15) is 0 Å². The summed E-state index contributed by atoms with van der Waals surface area (Å²) < 4.78 is 0. The number of allylic oxidation sites excluding steroid dienone is 1. The van der Waals surface area contributed by atoms with Gasteiger partial charge in [-0.3, -0.25) is 0 Å². The minimum atomic E-state index is -0.352. The maximum atomic E-state index is 6.91. The molecule has 0 bridgehead atoms. The molecule has 2 nitrogen and oxygen atoms in total. The smallest absolute Gasteiger partial charge is 0.101 e. The van der Waals surface area contributed by atoms with Crippen LogP contribution in [0, 0.1) is 0 Å². The molecule has 226 valence electrons. The van der Waals surface area contributed by atoms with Crippen molar-refractivity contribution in [3.05, 3.63) is 172 Å². The van der Waals surface area contributed by atoms with E-state index in [1.54, 1.807) is 0 Å². The second-order valence-electron chi connectivity index (χ2n) is 14.0. The Morgan fingerprint density at radius 2 is 1.22 bits per heavy atom. The summed E-state index contributed by atoms with van der Waals surface area (Å²) in [5, 5.41) is 6.33. The van der Waals surface area contributed by atoms with E-state index < -0.39 is 0 Å². The summed E-state index contributed by atoms with van der Waals surface area (Å²) in [6.45, 7) is 9.41. The number of hydrogen-bond donors (Lipinski definition) is 2. The van der Waals surface area contributed by atoms with Crippen LogP contribution in [0.5, 0.6) is 0 Å². The molecule has 0 heterocycles. The molecule has 1 atom stereocenters. The van der Waals surface area contributed by atoms with Crippen molar-refractivity contribution in [3.8, 4) is 22.3 Å². The molecule has 0 saturated heterocycles. The van der Waals surface area contributed by atoms with E-state index in [2.05, 4.69) is 160 Å². The molecule has 0 aromatic heterocycles. The lowest BCUT2D eigenvalue weighted by atomic mass is 9.81. The number of rotatable bonds is 6. The molecule has 6 aromatic carbocycles. The van der Waals surface area contributed by atoms with E-state index in [4.69, 9.17) is 5.73 Å². The van der Waals surface area contributed by atoms with Gasteiger partial charge in [0.2, 0.25) is 0 Å². The molecule has 3 N–H and O–H groups in total. The van der Waals surface area contributed by atoms with Crippen LogP contribution in [0.25, 0.3) is 38.7 Å². The molecule has 0 spiro atoms. The van der Waals surface area contributed by atoms with E-state index in [1.807, 2.05) is 6.07 Å². The van der Waals surface area contributed by atoms with Crippen LogP contribution in [0.3, 0.4) is 0 Å². The zero-order valence-corrected chi connectivity index (χ0v) is 27.1. The third-order valence-corrected chi connectivity index (χ3v) is 10.5. The van der Waals surface area contributed by atoms with Gasteiger partial charge in [0, 0.05) is 22.1 Å². The van der Waals surface area contributed by atoms with Crippen LogP contribution in [0.2, 0.25) is 0 Å². The summed E-state index contributed by atoms with van der Waals surface area (Å²) in [4.78, 5) is 0. The highest BCUT2D eigenvalue weighted by atomic mass is 15.0. The molecule has 0 aliphatic heterocycles. The summed E-state index contributed by atoms with van der Waals surface area (Å²) in [6, 6.07) is 46.3. The zero-order valence-electron chi connectivity index (χ0n) is 27.1. The summed E-state index contributed by atoms with van der Waals surface area (Å²) in [5.41, 5.74) is 22.3. The van der Waals surface area contributed by atoms with Gasteiger partial charge in [0.25, 0.3) is 0 Å². The van der Waals surface area contributed by atoms with Gasteiger partial charge in [-0.2, -0.15) is 0 Å². The second-order valence-corrected chi connectivity index (χ2v) is 14.0. The van der Waals surface area contributed by atoms with Gasteiger partial charge in [-0.05, 0) is 85.0 Å². The van der Waals surface area contributed by atoms with Crippen LogP contribution in [0.1, 0.15) is 72.8 Å². The minimum absolute atomic E-state index is 0.0271. The Bertz CT molecular complexity index is 2170. The third kappa shape index (κ3) is 4.35. The number of nitrogens with one attached hydrogen (secondary N) is 1. The number of hydrogen-bond acceptors (Lipinski definition) is 2. The summed E-state index contributed by atoms with van der Waals surface area (Å²) in [6.07, 6.45) is 2.80. The van der Waals surface area contributed by atoms with Crippen molar-refractivity contribution < 1.29 is 0 Å². The largest absolute Gasteiger partial charge is 0.366 e. The SMILES string of the molecule is CC1(C)c2ccccc2-c2c(C/C=C(\NC(N)c3ccccc3)c3cccc4c3-c3cc5ccccc5cc3C4(C)C)cccc21. The zero-order chi connectivity index (χ0) is 31.6. The normalized spacial score (nSPS) is 16.0. The first-order valence-corrected chi connectivity index (χ1v) is 16.4. The van der Waals surface area contributed by atoms with Crippen LogP contribution in [0.4, 0.5) is 0 Å². The number of fused-ring (bicyclic) bond motifs is 7. The van der Waals surface area contributed by atoms with Crippen molar-refractivity contribution in [2.45, 2.75) is 51.1 Å². The van der Waals surface area contributed by atoms with Gasteiger partial charge >= 0.3 is 0 Å². The Labute approximate surface area is 272 Å². The quantitative estimate of drug-likeness (QED) is 0.188. The molecule has 1 unspecified atom stereocenters. The molecule has 0 radical (unpaired) electrons. The van der Waals surface area contributed by atoms with Crippen molar-refractivity contribution in [1.82, 2.24) is 5.32 Å². The second kappa shape index (κ2) is 10.6. The predicted octanol–water partition coefficient (Wildman–Crippen LogP) is 10.3. The van der Waals surface area contributed by atoms with Crippen molar-refractivity contribution >= 4 is 16.5 Å². The molecule has 2 aliphatic carbocycles. The maximum absolute atomic E-state index is 6.91. The van der Waals surface area contributed by atoms with Crippen molar-refractivity contribution in [2.75, 3.05) is 0 Å². The van der Waals surface area contributed by atoms with E-state index in [0.29, 0.717) is 0 Å². The third-order valence-electron chi connectivity index (χ3n) is 10.5. The Kier molecular flexibility index (Phi) is 6.56. The fraction of sp³-hybridized carbons (Fsp3) is 0.182. The Morgan fingerprint density at radius 3 is 2.00 bits per heavy atom. The summed E-state index contributed by atoms with van der Waals surface area (Å²) in [7, 11) is 0. The van der Waals surface area contributed by atoms with Gasteiger partial charge in [0.05, 0.1) is 0 Å². The molecule has 0 amide bonds. The lowest BCUT2D eigenvalue weighted by Gasteiger charge is -2.23. The molecule has 8 rings (SSSR count). The maximum Gasteiger partial charge on any atom is 0.101 e. The van der Waals surface area contributed by atoms with Crippen molar-refractivity contribution in [3.63, 3.8) is 0 Å². The highest BCUT2D eigenvalue weighted by Crippen LogP contribution is 2.53. The average Bonchev–Trinajstić information content (AvgIpc) is 3.45. The Morgan fingerprint density at radius 1 is 0.609 bits per heavy atom. The standard InChI is InChI=1S/C44H40N2/c1-43(2)35-21-11-10-19-32(35)40-28(18-12-22-36(40)43)24-25-39(46-42(45)29-14-6-5-7-15-29)33-20-13-23-37-41(33)34-26-30-16-8-9-17-31(30)27-38(34)44(37,3)4/h5-23,25-27,42,46H,24,45H2,1-4H3/b39-25-. The van der Waals surface area contributed by atoms with E-state index in [-0.39, 0.29) is 17.0 Å². The van der Waals surface area contributed by atoms with Gasteiger partial charge < -0.3 is 11.1 Å². The van der Waals surface area contributed by atoms with Gasteiger partial charge in [-0.15, -0.1) is 0 Å². The predicted molar refractivity (Wildman–Crippen MR) is 194 cm³/mol. The monoisotopic (exact) mass is 596 g/mol. The van der Waals surface area contributed by atoms with Crippen LogP contribution < -0.4 is 11.1 Å². The first-order valence-electron chi connectivity index (χ1n) is 16.4. The van der Waals surface area contributed by atoms with E-state index >= 15 is 0 Å². The number of benzene rings is 6. The average molecular weight is 597 g/mol. The fourth-order valence-corrected chi connectivity index (χ4v) is 8.07. The topological polar surface area (TPSA) is 38.0 Å². The van der Waals surface area contributed by atoms with Gasteiger partial charge in [0.1, 0.15) is 6.17 Å². The van der Waals surface area contributed by atoms with E-state index in [1.165, 1.54) is 66.4 Å². The van der Waals surface area contributed by atoms with Crippen LogP contribution in [-0.2, 0) is 17.3 Å². The highest BCUT2D eigenvalue weighted by Gasteiger charge is 2.38.